The Hall–Kier alpha value is -0.420. The van der Waals surface area contributed by atoms with Crippen LogP contribution in [-0.4, -0.2) is 63.5 Å². The van der Waals surface area contributed by atoms with Crippen molar-refractivity contribution in [2.24, 2.45) is 0 Å². The van der Waals surface area contributed by atoms with Crippen molar-refractivity contribution < 1.29 is 9.47 Å². The first kappa shape index (κ1) is 14.6. The molecule has 0 radical (unpaired) electrons. The monoisotopic (exact) mass is 242 g/mol. The lowest BCUT2D eigenvalue weighted by Crippen LogP contribution is -2.46. The minimum Gasteiger partial charge on any atom is -0.380 e. The second-order valence-electron chi connectivity index (χ2n) is 4.28. The zero-order valence-corrected chi connectivity index (χ0v) is 11.0. The van der Waals surface area contributed by atoms with E-state index in [0.717, 1.165) is 59.0 Å². The Morgan fingerprint density at radius 1 is 1.53 bits per heavy atom. The maximum Gasteiger partial charge on any atom is 0.0826 e. The molecule has 4 heteroatoms. The van der Waals surface area contributed by atoms with Gasteiger partial charge >= 0.3 is 0 Å². The van der Waals surface area contributed by atoms with Crippen LogP contribution in [0.2, 0.25) is 0 Å². The van der Waals surface area contributed by atoms with Crippen LogP contribution in [0.15, 0.2) is 12.7 Å². The quantitative estimate of drug-likeness (QED) is 0.481. The predicted octanol–water partition coefficient (Wildman–Crippen LogP) is 0.889. The number of nitrogens with zero attached hydrogens (tertiary/aromatic N) is 1. The van der Waals surface area contributed by atoms with Crippen LogP contribution in [0.25, 0.3) is 0 Å². The van der Waals surface area contributed by atoms with Crippen molar-refractivity contribution >= 4 is 0 Å². The van der Waals surface area contributed by atoms with Gasteiger partial charge in [0.1, 0.15) is 0 Å². The van der Waals surface area contributed by atoms with Gasteiger partial charge in [-0.3, -0.25) is 4.90 Å². The molecule has 0 amide bonds. The van der Waals surface area contributed by atoms with Crippen molar-refractivity contribution in [3.05, 3.63) is 12.7 Å². The molecule has 1 saturated heterocycles. The Morgan fingerprint density at radius 2 is 2.41 bits per heavy atom. The normalized spacial score (nSPS) is 21.6. The fourth-order valence-electron chi connectivity index (χ4n) is 1.87. The predicted molar refractivity (Wildman–Crippen MR) is 70.4 cm³/mol. The smallest absolute Gasteiger partial charge is 0.0826 e. The molecular formula is C13H26N2O2. The summed E-state index contributed by atoms with van der Waals surface area (Å²) in [6.45, 7) is 13.3. The summed E-state index contributed by atoms with van der Waals surface area (Å²) in [5, 5.41) is 3.37. The summed E-state index contributed by atoms with van der Waals surface area (Å²) in [6.07, 6.45) is 3.14. The van der Waals surface area contributed by atoms with Crippen LogP contribution in [0, 0.1) is 0 Å². The Balaban J connectivity index is 1.93. The molecule has 0 spiro atoms. The van der Waals surface area contributed by atoms with Gasteiger partial charge in [0.2, 0.25) is 0 Å². The second-order valence-corrected chi connectivity index (χ2v) is 4.28. The molecular weight excluding hydrogens is 216 g/mol. The fraction of sp³-hybridized carbons (Fsp3) is 0.846. The third-order valence-corrected chi connectivity index (χ3v) is 2.93. The number of nitrogens with one attached hydrogen (secondary N) is 1. The van der Waals surface area contributed by atoms with Gasteiger partial charge in [0, 0.05) is 26.2 Å². The minimum absolute atomic E-state index is 0.330. The molecule has 1 unspecified atom stereocenters. The van der Waals surface area contributed by atoms with Gasteiger partial charge in [0.25, 0.3) is 0 Å². The lowest BCUT2D eigenvalue weighted by atomic mass is 10.2. The first-order valence-corrected chi connectivity index (χ1v) is 6.60. The molecule has 0 aromatic heterocycles. The van der Waals surface area contributed by atoms with Crippen molar-refractivity contribution in [1.82, 2.24) is 10.2 Å². The van der Waals surface area contributed by atoms with Crippen LogP contribution in [0.4, 0.5) is 0 Å². The average molecular weight is 242 g/mol. The van der Waals surface area contributed by atoms with Gasteiger partial charge in [-0.1, -0.05) is 13.0 Å². The highest BCUT2D eigenvalue weighted by molar-refractivity contribution is 4.72. The topological polar surface area (TPSA) is 33.7 Å². The number of hydrogen-bond acceptors (Lipinski definition) is 4. The van der Waals surface area contributed by atoms with Gasteiger partial charge in [-0.2, -0.15) is 0 Å². The molecule has 1 fully saturated rings. The van der Waals surface area contributed by atoms with E-state index in [1.54, 1.807) is 0 Å². The molecule has 1 heterocycles. The third kappa shape index (κ3) is 6.78. The first-order chi connectivity index (χ1) is 8.36. The molecule has 1 rings (SSSR count). The van der Waals surface area contributed by atoms with Crippen molar-refractivity contribution in [2.45, 2.75) is 19.4 Å². The van der Waals surface area contributed by atoms with Gasteiger partial charge < -0.3 is 14.8 Å². The van der Waals surface area contributed by atoms with Crippen molar-refractivity contribution in [2.75, 3.05) is 52.5 Å². The van der Waals surface area contributed by atoms with Crippen molar-refractivity contribution in [1.29, 1.82) is 0 Å². The Bertz CT molecular complexity index is 200. The van der Waals surface area contributed by atoms with Gasteiger partial charge in [-0.25, -0.2) is 0 Å². The maximum atomic E-state index is 5.70. The van der Waals surface area contributed by atoms with Crippen LogP contribution < -0.4 is 5.32 Å². The van der Waals surface area contributed by atoms with E-state index in [-0.39, 0.29) is 0 Å². The lowest BCUT2D eigenvalue weighted by Gasteiger charge is -2.32. The van der Waals surface area contributed by atoms with Gasteiger partial charge in [0.15, 0.2) is 0 Å². The maximum absolute atomic E-state index is 5.70. The summed E-state index contributed by atoms with van der Waals surface area (Å²) in [4.78, 5) is 2.43. The molecule has 1 atom stereocenters. The largest absolute Gasteiger partial charge is 0.380 e. The van der Waals surface area contributed by atoms with Gasteiger partial charge in [-0.05, 0) is 13.0 Å². The van der Waals surface area contributed by atoms with Gasteiger partial charge in [-0.15, -0.1) is 6.58 Å². The van der Waals surface area contributed by atoms with E-state index in [4.69, 9.17) is 9.47 Å². The summed E-state index contributed by atoms with van der Waals surface area (Å²) in [5.74, 6) is 0. The number of morpholine rings is 1. The highest BCUT2D eigenvalue weighted by Crippen LogP contribution is 2.03. The molecule has 0 bridgehead atoms. The minimum atomic E-state index is 0.330. The molecule has 17 heavy (non-hydrogen) atoms. The fourth-order valence-corrected chi connectivity index (χ4v) is 1.87. The van der Waals surface area contributed by atoms with E-state index < -0.39 is 0 Å². The third-order valence-electron chi connectivity index (χ3n) is 2.93. The Labute approximate surface area is 105 Å². The summed E-state index contributed by atoms with van der Waals surface area (Å²) in [5.41, 5.74) is 0. The first-order valence-electron chi connectivity index (χ1n) is 6.60. The highest BCUT2D eigenvalue weighted by atomic mass is 16.5. The highest BCUT2D eigenvalue weighted by Gasteiger charge is 2.18. The zero-order valence-electron chi connectivity index (χ0n) is 11.0. The number of rotatable bonds is 9. The number of hydrogen-bond donors (Lipinski definition) is 1. The van der Waals surface area contributed by atoms with Crippen molar-refractivity contribution in [3.63, 3.8) is 0 Å². The molecule has 0 saturated carbocycles. The summed E-state index contributed by atoms with van der Waals surface area (Å²) in [6, 6.07) is 0. The van der Waals surface area contributed by atoms with Crippen molar-refractivity contribution in [3.8, 4) is 0 Å². The van der Waals surface area contributed by atoms with Crippen LogP contribution in [-0.2, 0) is 9.47 Å². The average Bonchev–Trinajstić information content (AvgIpc) is 2.38. The van der Waals surface area contributed by atoms with E-state index in [9.17, 15) is 0 Å². The lowest BCUT2D eigenvalue weighted by molar-refractivity contribution is -0.0258. The van der Waals surface area contributed by atoms with Crippen LogP contribution >= 0.6 is 0 Å². The molecule has 0 aromatic rings. The molecule has 0 aromatic carbocycles. The number of likely N-dealkylation sites (N-methyl/N-ethyl adjacent to an activating group) is 1. The summed E-state index contributed by atoms with van der Waals surface area (Å²) < 4.78 is 11.1. The van der Waals surface area contributed by atoms with Crippen LogP contribution in [0.3, 0.4) is 0 Å². The van der Waals surface area contributed by atoms with Gasteiger partial charge in [0.05, 0.1) is 25.9 Å². The van der Waals surface area contributed by atoms with E-state index >= 15 is 0 Å². The molecule has 4 nitrogen and oxygen atoms in total. The Kier molecular flexibility index (Phi) is 8.26. The van der Waals surface area contributed by atoms with E-state index in [0.29, 0.717) is 6.10 Å². The molecule has 100 valence electrons. The molecule has 0 aliphatic carbocycles. The molecule has 1 aliphatic heterocycles. The second kappa shape index (κ2) is 9.59. The summed E-state index contributed by atoms with van der Waals surface area (Å²) >= 11 is 0. The van der Waals surface area contributed by atoms with Crippen LogP contribution in [0.1, 0.15) is 13.3 Å². The summed E-state index contributed by atoms with van der Waals surface area (Å²) in [7, 11) is 0. The van der Waals surface area contributed by atoms with Crippen LogP contribution in [0.5, 0.6) is 0 Å². The van der Waals surface area contributed by atoms with E-state index in [2.05, 4.69) is 23.7 Å². The zero-order chi connectivity index (χ0) is 12.3. The van der Waals surface area contributed by atoms with E-state index in [1.165, 1.54) is 0 Å². The standard InChI is InChI=1S/C13H26N2O2/c1-3-5-8-16-9-6-14-11-13-12-15(4-2)7-10-17-13/h3,13-14H,1,4-12H2,2H3. The molecule has 1 aliphatic rings. The van der Waals surface area contributed by atoms with E-state index in [1.807, 2.05) is 6.08 Å². The molecule has 1 N–H and O–H groups in total. The Morgan fingerprint density at radius 3 is 3.18 bits per heavy atom. The number of ether oxygens (including phenoxy) is 2. The SMILES string of the molecule is C=CCCOCCNCC1CN(CC)CCO1.